The van der Waals surface area contributed by atoms with Crippen LogP contribution in [0.5, 0.6) is 0 Å². The van der Waals surface area contributed by atoms with Gasteiger partial charge in [0, 0.05) is 13.1 Å². The van der Waals surface area contributed by atoms with E-state index < -0.39 is 5.91 Å². The minimum absolute atomic E-state index is 0.367. The van der Waals surface area contributed by atoms with Crippen LogP contribution in [0.3, 0.4) is 0 Å². The molecule has 1 aliphatic heterocycles. The Hall–Kier alpha value is -1.64. The van der Waals surface area contributed by atoms with Crippen molar-refractivity contribution in [1.29, 1.82) is 0 Å². The largest absolute Gasteiger partial charge is 0.328 e. The van der Waals surface area contributed by atoms with E-state index in [-0.39, 0.29) is 0 Å². The second-order valence-corrected chi connectivity index (χ2v) is 3.08. The molecular weight excluding hydrogens is 166 g/mol. The van der Waals surface area contributed by atoms with E-state index in [1.807, 2.05) is 24.3 Å². The van der Waals surface area contributed by atoms with Crippen molar-refractivity contribution >= 4 is 12.2 Å². The van der Waals surface area contributed by atoms with Gasteiger partial charge in [-0.05, 0) is 11.1 Å². The smallest absolute Gasteiger partial charge is 0.287 e. The molecule has 1 aromatic rings. The molecule has 3 heteroatoms. The third-order valence-electron chi connectivity index (χ3n) is 2.25. The van der Waals surface area contributed by atoms with Crippen LogP contribution in [-0.2, 0) is 22.7 Å². The molecule has 0 bridgehead atoms. The average Bonchev–Trinajstić information content (AvgIpc) is 2.59. The molecule has 1 aliphatic rings. The Kier molecular flexibility index (Phi) is 1.85. The molecule has 0 saturated carbocycles. The van der Waals surface area contributed by atoms with Crippen molar-refractivity contribution in [2.24, 2.45) is 0 Å². The molecule has 1 amide bonds. The van der Waals surface area contributed by atoms with Crippen molar-refractivity contribution in [2.45, 2.75) is 13.1 Å². The Morgan fingerprint density at radius 3 is 2.23 bits per heavy atom. The maximum absolute atomic E-state index is 11.0. The molecule has 0 N–H and O–H groups in total. The predicted molar refractivity (Wildman–Crippen MR) is 46.8 cm³/mol. The summed E-state index contributed by atoms with van der Waals surface area (Å²) in [7, 11) is 0. The van der Waals surface area contributed by atoms with Crippen LogP contribution < -0.4 is 0 Å². The minimum Gasteiger partial charge on any atom is -0.328 e. The number of benzene rings is 1. The number of hydrogen-bond donors (Lipinski definition) is 0. The van der Waals surface area contributed by atoms with Crippen molar-refractivity contribution < 1.29 is 9.59 Å². The van der Waals surface area contributed by atoms with E-state index in [2.05, 4.69) is 0 Å². The summed E-state index contributed by atoms with van der Waals surface area (Å²) in [5, 5.41) is 0. The average molecular weight is 175 g/mol. The van der Waals surface area contributed by atoms with Gasteiger partial charge >= 0.3 is 0 Å². The van der Waals surface area contributed by atoms with E-state index >= 15 is 0 Å². The monoisotopic (exact) mass is 175 g/mol. The topological polar surface area (TPSA) is 37.4 Å². The van der Waals surface area contributed by atoms with Crippen LogP contribution in [0, 0.1) is 0 Å². The molecule has 0 unspecified atom stereocenters. The quantitative estimate of drug-likeness (QED) is 0.466. The molecule has 1 aromatic carbocycles. The highest BCUT2D eigenvalue weighted by atomic mass is 16.2. The van der Waals surface area contributed by atoms with Gasteiger partial charge in [-0.15, -0.1) is 0 Å². The van der Waals surface area contributed by atoms with Crippen molar-refractivity contribution in [3.05, 3.63) is 35.4 Å². The predicted octanol–water partition coefficient (Wildman–Crippen LogP) is 0.728. The van der Waals surface area contributed by atoms with Crippen molar-refractivity contribution in [1.82, 2.24) is 4.90 Å². The van der Waals surface area contributed by atoms with Crippen molar-refractivity contribution in [3.8, 4) is 0 Å². The normalized spacial score (nSPS) is 14.0. The molecule has 1 heterocycles. The van der Waals surface area contributed by atoms with Crippen LogP contribution >= 0.6 is 0 Å². The van der Waals surface area contributed by atoms with Gasteiger partial charge in [0.05, 0.1) is 0 Å². The number of hydrogen-bond acceptors (Lipinski definition) is 2. The first-order valence-electron chi connectivity index (χ1n) is 4.12. The lowest BCUT2D eigenvalue weighted by Crippen LogP contribution is -2.25. The van der Waals surface area contributed by atoms with Gasteiger partial charge in [-0.1, -0.05) is 24.3 Å². The van der Waals surface area contributed by atoms with E-state index in [1.165, 1.54) is 4.90 Å². The van der Waals surface area contributed by atoms with E-state index in [0.717, 1.165) is 11.1 Å². The van der Waals surface area contributed by atoms with Crippen LogP contribution in [-0.4, -0.2) is 17.1 Å². The van der Waals surface area contributed by atoms with E-state index in [9.17, 15) is 9.59 Å². The van der Waals surface area contributed by atoms with Crippen molar-refractivity contribution in [2.75, 3.05) is 0 Å². The highest BCUT2D eigenvalue weighted by Crippen LogP contribution is 2.21. The maximum Gasteiger partial charge on any atom is 0.287 e. The van der Waals surface area contributed by atoms with Crippen LogP contribution in [0.2, 0.25) is 0 Å². The van der Waals surface area contributed by atoms with Crippen molar-refractivity contribution in [3.63, 3.8) is 0 Å². The Morgan fingerprint density at radius 2 is 1.77 bits per heavy atom. The first-order chi connectivity index (χ1) is 6.31. The molecule has 0 aliphatic carbocycles. The molecule has 3 nitrogen and oxygen atoms in total. The number of nitrogens with zero attached hydrogens (tertiary/aromatic N) is 1. The van der Waals surface area contributed by atoms with Gasteiger partial charge in [0.15, 0.2) is 0 Å². The third kappa shape index (κ3) is 1.33. The van der Waals surface area contributed by atoms with Crippen LogP contribution in [0.25, 0.3) is 0 Å². The fourth-order valence-electron chi connectivity index (χ4n) is 1.56. The zero-order valence-electron chi connectivity index (χ0n) is 7.06. The number of carbonyl (C=O) groups excluding carboxylic acids is 2. The lowest BCUT2D eigenvalue weighted by molar-refractivity contribution is -0.139. The third-order valence-corrected chi connectivity index (χ3v) is 2.25. The number of aldehydes is 1. The van der Waals surface area contributed by atoms with Gasteiger partial charge in [0.1, 0.15) is 0 Å². The summed E-state index contributed by atoms with van der Waals surface area (Å²) < 4.78 is 0. The molecular formula is C10H9NO2. The SMILES string of the molecule is O=CC(=O)N1Cc2ccccc2C1. The summed E-state index contributed by atoms with van der Waals surface area (Å²) in [4.78, 5) is 22.8. The van der Waals surface area contributed by atoms with Gasteiger partial charge in [-0.3, -0.25) is 9.59 Å². The van der Waals surface area contributed by atoms with E-state index in [4.69, 9.17) is 0 Å². The highest BCUT2D eigenvalue weighted by molar-refractivity contribution is 6.23. The van der Waals surface area contributed by atoms with Crippen LogP contribution in [0.15, 0.2) is 24.3 Å². The fourth-order valence-corrected chi connectivity index (χ4v) is 1.56. The Labute approximate surface area is 76.0 Å². The second kappa shape index (κ2) is 3.01. The summed E-state index contributed by atoms with van der Waals surface area (Å²) in [5.74, 6) is -0.434. The first-order valence-corrected chi connectivity index (χ1v) is 4.12. The molecule has 66 valence electrons. The lowest BCUT2D eigenvalue weighted by atomic mass is 10.1. The van der Waals surface area contributed by atoms with Crippen LogP contribution in [0.4, 0.5) is 0 Å². The number of amides is 1. The molecule has 0 spiro atoms. The molecule has 0 atom stereocenters. The molecule has 0 saturated heterocycles. The first kappa shape index (κ1) is 7.98. The molecule has 13 heavy (non-hydrogen) atoms. The minimum atomic E-state index is -0.434. The maximum atomic E-state index is 11.0. The van der Waals surface area contributed by atoms with Gasteiger partial charge < -0.3 is 4.90 Å². The summed E-state index contributed by atoms with van der Waals surface area (Å²) in [6.45, 7) is 1.13. The Balaban J connectivity index is 2.23. The number of fused-ring (bicyclic) bond motifs is 1. The summed E-state index contributed by atoms with van der Waals surface area (Å²) in [6.07, 6.45) is 0.367. The molecule has 2 rings (SSSR count). The highest BCUT2D eigenvalue weighted by Gasteiger charge is 2.21. The van der Waals surface area contributed by atoms with Crippen LogP contribution in [0.1, 0.15) is 11.1 Å². The number of carbonyl (C=O) groups is 2. The lowest BCUT2D eigenvalue weighted by Gasteiger charge is -2.09. The van der Waals surface area contributed by atoms with Gasteiger partial charge in [0.25, 0.3) is 5.91 Å². The van der Waals surface area contributed by atoms with E-state index in [0.29, 0.717) is 19.4 Å². The molecule has 0 radical (unpaired) electrons. The molecule has 0 fully saturated rings. The Morgan fingerprint density at radius 1 is 1.23 bits per heavy atom. The molecule has 0 aromatic heterocycles. The van der Waals surface area contributed by atoms with Gasteiger partial charge in [0.2, 0.25) is 6.29 Å². The van der Waals surface area contributed by atoms with Gasteiger partial charge in [-0.2, -0.15) is 0 Å². The standard InChI is InChI=1S/C10H9NO2/c12-7-10(13)11-5-8-3-1-2-4-9(8)6-11/h1-4,7H,5-6H2. The van der Waals surface area contributed by atoms with Gasteiger partial charge in [-0.25, -0.2) is 0 Å². The second-order valence-electron chi connectivity index (χ2n) is 3.08. The zero-order chi connectivity index (χ0) is 9.26. The fraction of sp³-hybridized carbons (Fsp3) is 0.200. The summed E-state index contributed by atoms with van der Waals surface area (Å²) >= 11 is 0. The van der Waals surface area contributed by atoms with E-state index in [1.54, 1.807) is 0 Å². The zero-order valence-corrected chi connectivity index (χ0v) is 7.06. The Bertz CT molecular complexity index is 335. The summed E-state index contributed by atoms with van der Waals surface area (Å²) in [5.41, 5.74) is 2.27. The number of rotatable bonds is 1. The summed E-state index contributed by atoms with van der Waals surface area (Å²) in [6, 6.07) is 7.84.